The zero-order valence-electron chi connectivity index (χ0n) is 11.4. The molecule has 20 heavy (non-hydrogen) atoms. The molecule has 0 saturated heterocycles. The van der Waals surface area contributed by atoms with Crippen LogP contribution in [0.1, 0.15) is 24.1 Å². The Morgan fingerprint density at radius 1 is 1.10 bits per heavy atom. The van der Waals surface area contributed by atoms with Gasteiger partial charge in [-0.15, -0.1) is 0 Å². The highest BCUT2D eigenvalue weighted by Crippen LogP contribution is 2.20. The summed E-state index contributed by atoms with van der Waals surface area (Å²) >= 11 is 5.92. The van der Waals surface area contributed by atoms with E-state index in [9.17, 15) is 0 Å². The first kappa shape index (κ1) is 13.2. The van der Waals surface area contributed by atoms with Crippen LogP contribution in [0.3, 0.4) is 0 Å². The monoisotopic (exact) mass is 284 g/mol. The molecule has 0 saturated carbocycles. The topological polar surface area (TPSA) is 27.8 Å². The molecule has 0 aliphatic heterocycles. The molecule has 3 heteroatoms. The van der Waals surface area contributed by atoms with Crippen LogP contribution in [0.25, 0.3) is 10.9 Å². The summed E-state index contributed by atoms with van der Waals surface area (Å²) in [5, 5.41) is 5.62. The van der Waals surface area contributed by atoms with Gasteiger partial charge in [-0.05, 0) is 42.3 Å². The molecule has 0 radical (unpaired) electrons. The predicted octanol–water partition coefficient (Wildman–Crippen LogP) is 4.67. The zero-order valence-corrected chi connectivity index (χ0v) is 12.1. The Balaban J connectivity index is 1.73. The van der Waals surface area contributed by atoms with Gasteiger partial charge < -0.3 is 10.3 Å². The van der Waals surface area contributed by atoms with Crippen molar-refractivity contribution in [3.05, 3.63) is 70.9 Å². The Labute approximate surface area is 123 Å². The number of aromatic amines is 1. The highest BCUT2D eigenvalue weighted by molar-refractivity contribution is 6.30. The number of benzene rings is 2. The molecule has 0 aliphatic rings. The number of H-pyrrole nitrogens is 1. The molecule has 1 aromatic heterocycles. The lowest BCUT2D eigenvalue weighted by Crippen LogP contribution is -2.18. The van der Waals surface area contributed by atoms with E-state index >= 15 is 0 Å². The van der Waals surface area contributed by atoms with Gasteiger partial charge in [0.05, 0.1) is 0 Å². The fourth-order valence-electron chi connectivity index (χ4n) is 2.44. The third kappa shape index (κ3) is 2.72. The number of aromatic nitrogens is 1. The number of rotatable bonds is 4. The lowest BCUT2D eigenvalue weighted by atomic mass is 10.1. The minimum Gasteiger partial charge on any atom is -0.361 e. The molecule has 3 aromatic rings. The van der Waals surface area contributed by atoms with Crippen LogP contribution in [0.15, 0.2) is 54.7 Å². The maximum absolute atomic E-state index is 5.92. The fourth-order valence-corrected chi connectivity index (χ4v) is 2.56. The van der Waals surface area contributed by atoms with Gasteiger partial charge in [-0.2, -0.15) is 0 Å². The molecule has 102 valence electrons. The molecule has 1 atom stereocenters. The summed E-state index contributed by atoms with van der Waals surface area (Å²) < 4.78 is 0. The molecule has 2 N–H and O–H groups in total. The van der Waals surface area contributed by atoms with E-state index in [1.807, 2.05) is 18.3 Å². The molecular weight excluding hydrogens is 268 g/mol. The van der Waals surface area contributed by atoms with Crippen molar-refractivity contribution in [1.82, 2.24) is 10.3 Å². The van der Waals surface area contributed by atoms with Gasteiger partial charge in [0.2, 0.25) is 0 Å². The van der Waals surface area contributed by atoms with Crippen molar-refractivity contribution >= 4 is 22.5 Å². The largest absolute Gasteiger partial charge is 0.361 e. The maximum atomic E-state index is 5.92. The highest BCUT2D eigenvalue weighted by Gasteiger charge is 2.06. The Kier molecular flexibility index (Phi) is 3.77. The van der Waals surface area contributed by atoms with Crippen molar-refractivity contribution in [2.45, 2.75) is 19.5 Å². The van der Waals surface area contributed by atoms with E-state index < -0.39 is 0 Å². The molecule has 0 unspecified atom stereocenters. The summed E-state index contributed by atoms with van der Waals surface area (Å²) in [6.07, 6.45) is 1.98. The number of nitrogens with one attached hydrogen (secondary N) is 2. The lowest BCUT2D eigenvalue weighted by Gasteiger charge is -2.15. The van der Waals surface area contributed by atoms with Crippen LogP contribution in [0.2, 0.25) is 5.02 Å². The van der Waals surface area contributed by atoms with Crippen LogP contribution >= 0.6 is 11.6 Å². The summed E-state index contributed by atoms with van der Waals surface area (Å²) in [6, 6.07) is 16.8. The van der Waals surface area contributed by atoms with Crippen molar-refractivity contribution in [1.29, 1.82) is 0 Å². The van der Waals surface area contributed by atoms with E-state index in [0.717, 1.165) is 11.6 Å². The van der Waals surface area contributed by atoms with Crippen molar-refractivity contribution in [3.8, 4) is 0 Å². The third-order valence-corrected chi connectivity index (χ3v) is 3.91. The van der Waals surface area contributed by atoms with E-state index in [0.29, 0.717) is 6.04 Å². The second kappa shape index (κ2) is 5.70. The van der Waals surface area contributed by atoms with Gasteiger partial charge in [0.1, 0.15) is 0 Å². The van der Waals surface area contributed by atoms with E-state index in [2.05, 4.69) is 53.6 Å². The first-order valence-electron chi connectivity index (χ1n) is 6.78. The summed E-state index contributed by atoms with van der Waals surface area (Å²) in [4.78, 5) is 3.24. The molecule has 0 fully saturated rings. The van der Waals surface area contributed by atoms with Gasteiger partial charge in [-0.1, -0.05) is 35.9 Å². The van der Waals surface area contributed by atoms with E-state index in [1.165, 1.54) is 22.0 Å². The van der Waals surface area contributed by atoms with Crippen molar-refractivity contribution < 1.29 is 0 Å². The van der Waals surface area contributed by atoms with Crippen molar-refractivity contribution in [2.24, 2.45) is 0 Å². The van der Waals surface area contributed by atoms with Gasteiger partial charge >= 0.3 is 0 Å². The summed E-state index contributed by atoms with van der Waals surface area (Å²) in [5.41, 5.74) is 3.74. The molecule has 2 aromatic carbocycles. The van der Waals surface area contributed by atoms with E-state index in [1.54, 1.807) is 0 Å². The van der Waals surface area contributed by atoms with Crippen LogP contribution < -0.4 is 5.32 Å². The van der Waals surface area contributed by atoms with E-state index in [-0.39, 0.29) is 0 Å². The lowest BCUT2D eigenvalue weighted by molar-refractivity contribution is 0.576. The van der Waals surface area contributed by atoms with Gasteiger partial charge in [0.15, 0.2) is 0 Å². The van der Waals surface area contributed by atoms with E-state index in [4.69, 9.17) is 11.6 Å². The molecule has 0 aliphatic carbocycles. The van der Waals surface area contributed by atoms with Gasteiger partial charge in [0.25, 0.3) is 0 Å². The summed E-state index contributed by atoms with van der Waals surface area (Å²) in [5.74, 6) is 0. The normalized spacial score (nSPS) is 12.7. The van der Waals surface area contributed by atoms with Gasteiger partial charge in [-0.25, -0.2) is 0 Å². The molecular formula is C17H17ClN2. The standard InChI is InChI=1S/C17H17ClN2/c1-12(13-5-7-15(18)8-6-13)20-11-14-3-2-4-17-16(14)9-10-19-17/h2-10,12,19-20H,11H2,1H3/t12-/m1/s1. The maximum Gasteiger partial charge on any atom is 0.0457 e. The zero-order chi connectivity index (χ0) is 13.9. The number of halogens is 1. The average molecular weight is 285 g/mol. The predicted molar refractivity (Wildman–Crippen MR) is 85.0 cm³/mol. The Bertz CT molecular complexity index is 700. The SMILES string of the molecule is C[C@@H](NCc1cccc2[nH]ccc12)c1ccc(Cl)cc1. The molecule has 0 spiro atoms. The summed E-state index contributed by atoms with van der Waals surface area (Å²) in [7, 11) is 0. The molecule has 0 bridgehead atoms. The minimum absolute atomic E-state index is 0.293. The van der Waals surface area contributed by atoms with Crippen LogP contribution in [0.5, 0.6) is 0 Å². The first-order chi connectivity index (χ1) is 9.74. The summed E-state index contributed by atoms with van der Waals surface area (Å²) in [6.45, 7) is 3.01. The van der Waals surface area contributed by atoms with Crippen molar-refractivity contribution in [3.63, 3.8) is 0 Å². The first-order valence-corrected chi connectivity index (χ1v) is 7.15. The third-order valence-electron chi connectivity index (χ3n) is 3.65. The van der Waals surface area contributed by atoms with Crippen molar-refractivity contribution in [2.75, 3.05) is 0 Å². The second-order valence-corrected chi connectivity index (χ2v) is 5.45. The molecule has 3 rings (SSSR count). The smallest absolute Gasteiger partial charge is 0.0457 e. The Hall–Kier alpha value is -1.77. The number of fused-ring (bicyclic) bond motifs is 1. The molecule has 0 amide bonds. The number of hydrogen-bond acceptors (Lipinski definition) is 1. The minimum atomic E-state index is 0.293. The van der Waals surface area contributed by atoms with Crippen LogP contribution in [0, 0.1) is 0 Å². The van der Waals surface area contributed by atoms with Crippen LogP contribution in [-0.2, 0) is 6.54 Å². The molecule has 1 heterocycles. The second-order valence-electron chi connectivity index (χ2n) is 5.01. The highest BCUT2D eigenvalue weighted by atomic mass is 35.5. The van der Waals surface area contributed by atoms with Gasteiger partial charge in [-0.3, -0.25) is 0 Å². The van der Waals surface area contributed by atoms with Crippen LogP contribution in [0.4, 0.5) is 0 Å². The van der Waals surface area contributed by atoms with Crippen LogP contribution in [-0.4, -0.2) is 4.98 Å². The average Bonchev–Trinajstić information content (AvgIpc) is 2.94. The van der Waals surface area contributed by atoms with Gasteiger partial charge in [0, 0.05) is 34.7 Å². The fraction of sp³-hybridized carbons (Fsp3) is 0.176. The Morgan fingerprint density at radius 3 is 2.70 bits per heavy atom. The quantitative estimate of drug-likeness (QED) is 0.716. The number of hydrogen-bond donors (Lipinski definition) is 2. The Morgan fingerprint density at radius 2 is 1.90 bits per heavy atom. The molecule has 2 nitrogen and oxygen atoms in total.